The summed E-state index contributed by atoms with van der Waals surface area (Å²) in [4.78, 5) is 22.2. The Balaban J connectivity index is 1.73. The first-order chi connectivity index (χ1) is 11.4. The van der Waals surface area contributed by atoms with Gasteiger partial charge in [-0.25, -0.2) is 4.98 Å². The van der Waals surface area contributed by atoms with Crippen molar-refractivity contribution in [1.29, 1.82) is 0 Å². The van der Waals surface area contributed by atoms with Crippen molar-refractivity contribution in [1.82, 2.24) is 24.6 Å². The van der Waals surface area contributed by atoms with E-state index in [-0.39, 0.29) is 12.0 Å². The third-order valence-corrected chi connectivity index (χ3v) is 4.15. The van der Waals surface area contributed by atoms with Crippen LogP contribution in [0, 0.1) is 12.8 Å². The van der Waals surface area contributed by atoms with Crippen molar-refractivity contribution < 1.29 is 9.53 Å². The summed E-state index contributed by atoms with van der Waals surface area (Å²) in [5.41, 5.74) is 2.58. The predicted octanol–water partition coefficient (Wildman–Crippen LogP) is 1.86. The van der Waals surface area contributed by atoms with Gasteiger partial charge in [0.1, 0.15) is 17.6 Å². The fourth-order valence-electron chi connectivity index (χ4n) is 3.00. The molecule has 130 valence electrons. The second-order valence-corrected chi connectivity index (χ2v) is 6.80. The molecule has 0 bridgehead atoms. The SMILES string of the molecule is Cc1cnc(C2CN(C(=O)c3cc(CC(C)C)nn3C)CCO2)[nH]1. The highest BCUT2D eigenvalue weighted by Crippen LogP contribution is 2.21. The van der Waals surface area contributed by atoms with Crippen molar-refractivity contribution in [3.8, 4) is 0 Å². The standard InChI is InChI=1S/C17H25N5O2/c1-11(2)7-13-8-14(21(4)20-13)17(23)22-5-6-24-15(10-22)16-18-9-12(3)19-16/h8-9,11,15H,5-7,10H2,1-4H3,(H,18,19). The number of aromatic nitrogens is 4. The summed E-state index contributed by atoms with van der Waals surface area (Å²) < 4.78 is 7.45. The van der Waals surface area contributed by atoms with Crippen LogP contribution in [0.25, 0.3) is 0 Å². The number of nitrogens with one attached hydrogen (secondary N) is 1. The summed E-state index contributed by atoms with van der Waals surface area (Å²) in [6, 6.07) is 1.91. The average Bonchev–Trinajstić information content (AvgIpc) is 3.12. The molecule has 3 rings (SSSR count). The number of H-pyrrole nitrogens is 1. The third kappa shape index (κ3) is 3.51. The zero-order valence-electron chi connectivity index (χ0n) is 14.7. The zero-order valence-corrected chi connectivity index (χ0v) is 14.7. The first kappa shape index (κ1) is 16.7. The van der Waals surface area contributed by atoms with Crippen LogP contribution in [-0.2, 0) is 18.2 Å². The van der Waals surface area contributed by atoms with E-state index in [0.717, 1.165) is 23.6 Å². The van der Waals surface area contributed by atoms with E-state index >= 15 is 0 Å². The van der Waals surface area contributed by atoms with Crippen LogP contribution in [0.4, 0.5) is 0 Å². The smallest absolute Gasteiger partial charge is 0.272 e. The number of rotatable bonds is 4. The first-order valence-electron chi connectivity index (χ1n) is 8.39. The van der Waals surface area contributed by atoms with Gasteiger partial charge in [0.05, 0.1) is 18.8 Å². The number of hydrogen-bond acceptors (Lipinski definition) is 4. The highest BCUT2D eigenvalue weighted by molar-refractivity contribution is 5.92. The molecule has 1 aliphatic heterocycles. The Bertz CT molecular complexity index is 718. The van der Waals surface area contributed by atoms with Gasteiger partial charge < -0.3 is 14.6 Å². The van der Waals surface area contributed by atoms with E-state index in [1.165, 1.54) is 0 Å². The van der Waals surface area contributed by atoms with E-state index in [4.69, 9.17) is 4.74 Å². The van der Waals surface area contributed by atoms with Gasteiger partial charge in [-0.1, -0.05) is 13.8 Å². The molecule has 7 heteroatoms. The van der Waals surface area contributed by atoms with Crippen molar-refractivity contribution >= 4 is 5.91 Å². The monoisotopic (exact) mass is 331 g/mol. The molecule has 0 aromatic carbocycles. The molecule has 2 aromatic rings. The molecule has 0 radical (unpaired) electrons. The Morgan fingerprint density at radius 1 is 1.50 bits per heavy atom. The zero-order chi connectivity index (χ0) is 17.3. The Labute approximate surface area is 142 Å². The van der Waals surface area contributed by atoms with Crippen LogP contribution in [0.3, 0.4) is 0 Å². The molecular weight excluding hydrogens is 306 g/mol. The fourth-order valence-corrected chi connectivity index (χ4v) is 3.00. The number of carbonyl (C=O) groups excluding carboxylic acids is 1. The van der Waals surface area contributed by atoms with E-state index in [0.29, 0.717) is 31.3 Å². The lowest BCUT2D eigenvalue weighted by Crippen LogP contribution is -2.43. The van der Waals surface area contributed by atoms with E-state index in [2.05, 4.69) is 28.9 Å². The molecule has 1 N–H and O–H groups in total. The number of aryl methyl sites for hydroxylation is 2. The van der Waals surface area contributed by atoms with Gasteiger partial charge >= 0.3 is 0 Å². The summed E-state index contributed by atoms with van der Waals surface area (Å²) in [6.07, 6.45) is 2.44. The molecule has 1 amide bonds. The number of carbonyl (C=O) groups is 1. The van der Waals surface area contributed by atoms with E-state index in [9.17, 15) is 4.79 Å². The highest BCUT2D eigenvalue weighted by atomic mass is 16.5. The van der Waals surface area contributed by atoms with Gasteiger partial charge in [-0.05, 0) is 25.3 Å². The van der Waals surface area contributed by atoms with Crippen LogP contribution in [0.15, 0.2) is 12.3 Å². The lowest BCUT2D eigenvalue weighted by molar-refractivity contribution is -0.0268. The van der Waals surface area contributed by atoms with Crippen LogP contribution in [0.1, 0.15) is 47.7 Å². The minimum atomic E-state index is -0.209. The number of amides is 1. The fraction of sp³-hybridized carbons (Fsp3) is 0.588. The molecule has 1 aliphatic rings. The average molecular weight is 331 g/mol. The number of ether oxygens (including phenoxy) is 1. The molecular formula is C17H25N5O2. The van der Waals surface area contributed by atoms with Crippen LogP contribution in [0.2, 0.25) is 0 Å². The molecule has 7 nitrogen and oxygen atoms in total. The highest BCUT2D eigenvalue weighted by Gasteiger charge is 2.29. The molecule has 0 aliphatic carbocycles. The van der Waals surface area contributed by atoms with Crippen LogP contribution < -0.4 is 0 Å². The molecule has 1 fully saturated rings. The van der Waals surface area contributed by atoms with Crippen LogP contribution >= 0.6 is 0 Å². The van der Waals surface area contributed by atoms with Crippen molar-refractivity contribution in [2.45, 2.75) is 33.3 Å². The third-order valence-electron chi connectivity index (χ3n) is 4.15. The Morgan fingerprint density at radius 3 is 2.96 bits per heavy atom. The quantitative estimate of drug-likeness (QED) is 0.928. The number of imidazole rings is 1. The molecule has 24 heavy (non-hydrogen) atoms. The summed E-state index contributed by atoms with van der Waals surface area (Å²) >= 11 is 0. The number of morpholine rings is 1. The molecule has 3 heterocycles. The second kappa shape index (κ2) is 6.76. The largest absolute Gasteiger partial charge is 0.367 e. The molecule has 1 unspecified atom stereocenters. The summed E-state index contributed by atoms with van der Waals surface area (Å²) in [7, 11) is 1.82. The Hall–Kier alpha value is -2.15. The van der Waals surface area contributed by atoms with Crippen molar-refractivity contribution in [3.63, 3.8) is 0 Å². The Kier molecular flexibility index (Phi) is 4.71. The lowest BCUT2D eigenvalue weighted by atomic mass is 10.1. The van der Waals surface area contributed by atoms with Crippen molar-refractivity contribution in [2.75, 3.05) is 19.7 Å². The minimum Gasteiger partial charge on any atom is -0.367 e. The summed E-state index contributed by atoms with van der Waals surface area (Å²) in [5, 5.41) is 4.47. The van der Waals surface area contributed by atoms with E-state index in [1.54, 1.807) is 10.9 Å². The minimum absolute atomic E-state index is 0.00316. The molecule has 1 saturated heterocycles. The van der Waals surface area contributed by atoms with Gasteiger partial charge in [0.25, 0.3) is 5.91 Å². The lowest BCUT2D eigenvalue weighted by Gasteiger charge is -2.32. The van der Waals surface area contributed by atoms with E-state index < -0.39 is 0 Å². The maximum absolute atomic E-state index is 12.9. The Morgan fingerprint density at radius 2 is 2.29 bits per heavy atom. The van der Waals surface area contributed by atoms with Gasteiger partial charge in [0.15, 0.2) is 0 Å². The number of aromatic amines is 1. The molecule has 0 saturated carbocycles. The molecule has 0 spiro atoms. The van der Waals surface area contributed by atoms with Gasteiger partial charge in [-0.3, -0.25) is 9.48 Å². The maximum atomic E-state index is 12.9. The van der Waals surface area contributed by atoms with Gasteiger partial charge in [0, 0.05) is 25.5 Å². The molecule has 1 atom stereocenters. The molecule has 2 aromatic heterocycles. The first-order valence-corrected chi connectivity index (χ1v) is 8.39. The van der Waals surface area contributed by atoms with Gasteiger partial charge in [-0.2, -0.15) is 5.10 Å². The summed E-state index contributed by atoms with van der Waals surface area (Å²) in [5.74, 6) is 1.28. The van der Waals surface area contributed by atoms with Crippen LogP contribution in [0.5, 0.6) is 0 Å². The number of nitrogens with zero attached hydrogens (tertiary/aromatic N) is 4. The predicted molar refractivity (Wildman–Crippen MR) is 89.7 cm³/mol. The van der Waals surface area contributed by atoms with E-state index in [1.807, 2.05) is 24.9 Å². The second-order valence-electron chi connectivity index (χ2n) is 6.80. The summed E-state index contributed by atoms with van der Waals surface area (Å²) in [6.45, 7) is 7.83. The topological polar surface area (TPSA) is 76.0 Å². The normalized spacial score (nSPS) is 18.4. The van der Waals surface area contributed by atoms with Crippen LogP contribution in [-0.4, -0.2) is 50.3 Å². The maximum Gasteiger partial charge on any atom is 0.272 e. The van der Waals surface area contributed by atoms with Crippen molar-refractivity contribution in [3.05, 3.63) is 35.2 Å². The van der Waals surface area contributed by atoms with Gasteiger partial charge in [0.2, 0.25) is 0 Å². The number of hydrogen-bond donors (Lipinski definition) is 1. The van der Waals surface area contributed by atoms with Gasteiger partial charge in [-0.15, -0.1) is 0 Å². The van der Waals surface area contributed by atoms with Crippen molar-refractivity contribution in [2.24, 2.45) is 13.0 Å².